The van der Waals surface area contributed by atoms with Crippen molar-refractivity contribution in [2.24, 2.45) is 7.05 Å². The van der Waals surface area contributed by atoms with Crippen LogP contribution in [0.15, 0.2) is 48.9 Å². The number of aromatic nitrogens is 3. The summed E-state index contributed by atoms with van der Waals surface area (Å²) in [6.45, 7) is 8.56. The van der Waals surface area contributed by atoms with E-state index in [-0.39, 0.29) is 0 Å². The van der Waals surface area contributed by atoms with Crippen LogP contribution in [0.2, 0.25) is 0 Å². The van der Waals surface area contributed by atoms with Crippen molar-refractivity contribution in [3.05, 3.63) is 60.0 Å². The van der Waals surface area contributed by atoms with Gasteiger partial charge in [0.2, 0.25) is 0 Å². The van der Waals surface area contributed by atoms with E-state index in [2.05, 4.69) is 68.1 Å². The first-order valence-corrected chi connectivity index (χ1v) is 10.1. The average Bonchev–Trinajstić information content (AvgIpc) is 3.31. The Morgan fingerprint density at radius 3 is 2.79 bits per heavy atom. The summed E-state index contributed by atoms with van der Waals surface area (Å²) in [6, 6.07) is 10.5. The first-order valence-electron chi connectivity index (χ1n) is 10.1. The molecule has 148 valence electrons. The first-order chi connectivity index (χ1) is 13.8. The number of nitrogens with zero attached hydrogens (tertiary/aromatic N) is 2. The van der Waals surface area contributed by atoms with E-state index in [4.69, 9.17) is 9.31 Å². The normalized spacial score (nSPS) is 21.5. The van der Waals surface area contributed by atoms with Gasteiger partial charge in [0.05, 0.1) is 11.2 Å². The van der Waals surface area contributed by atoms with Gasteiger partial charge in [0.1, 0.15) is 5.65 Å². The number of H-pyrrole nitrogens is 1. The summed E-state index contributed by atoms with van der Waals surface area (Å²) < 4.78 is 15.2. The molecule has 5 rings (SSSR count). The fourth-order valence-electron chi connectivity index (χ4n) is 4.52. The van der Waals surface area contributed by atoms with Gasteiger partial charge in [0, 0.05) is 48.3 Å². The van der Waals surface area contributed by atoms with Crippen LogP contribution in [-0.2, 0) is 22.8 Å². The van der Waals surface area contributed by atoms with Crippen molar-refractivity contribution in [2.45, 2.75) is 45.3 Å². The molecule has 1 aliphatic rings. The molecule has 1 N–H and O–H groups in total. The molecule has 1 saturated heterocycles. The van der Waals surface area contributed by atoms with Crippen LogP contribution in [0.5, 0.6) is 0 Å². The SMILES string of the molecule is Cc1cccc2[nH]cc(CC3(C)OB(c4ccnc5c4ccn5C)OC3(C)C)c12. The lowest BCUT2D eigenvalue weighted by Gasteiger charge is -2.36. The molecular formula is C23H26BN3O2. The molecule has 1 aliphatic heterocycles. The van der Waals surface area contributed by atoms with Gasteiger partial charge in [-0.2, -0.15) is 0 Å². The maximum atomic E-state index is 6.66. The largest absolute Gasteiger partial charge is 0.495 e. The van der Waals surface area contributed by atoms with Crippen LogP contribution in [0.1, 0.15) is 31.9 Å². The minimum atomic E-state index is -0.473. The molecule has 6 heteroatoms. The van der Waals surface area contributed by atoms with Crippen molar-refractivity contribution < 1.29 is 9.31 Å². The van der Waals surface area contributed by atoms with E-state index < -0.39 is 18.3 Å². The van der Waals surface area contributed by atoms with Gasteiger partial charge < -0.3 is 18.9 Å². The number of hydrogen-bond acceptors (Lipinski definition) is 3. The van der Waals surface area contributed by atoms with Gasteiger partial charge in [0.25, 0.3) is 0 Å². The highest BCUT2D eigenvalue weighted by Gasteiger charge is 2.55. The number of rotatable bonds is 3. The summed E-state index contributed by atoms with van der Waals surface area (Å²) in [5.74, 6) is 0. The third-order valence-corrected chi connectivity index (χ3v) is 6.62. The summed E-state index contributed by atoms with van der Waals surface area (Å²) in [7, 11) is 1.58. The van der Waals surface area contributed by atoms with Gasteiger partial charge in [-0.15, -0.1) is 0 Å². The summed E-state index contributed by atoms with van der Waals surface area (Å²) in [5.41, 5.74) is 4.74. The van der Waals surface area contributed by atoms with E-state index in [0.717, 1.165) is 28.4 Å². The van der Waals surface area contributed by atoms with Gasteiger partial charge in [0.15, 0.2) is 0 Å². The van der Waals surface area contributed by atoms with Crippen LogP contribution in [0.3, 0.4) is 0 Å². The Morgan fingerprint density at radius 2 is 1.97 bits per heavy atom. The Labute approximate surface area is 171 Å². The van der Waals surface area contributed by atoms with Gasteiger partial charge >= 0.3 is 7.12 Å². The predicted molar refractivity (Wildman–Crippen MR) is 117 cm³/mol. The summed E-state index contributed by atoms with van der Waals surface area (Å²) in [6.07, 6.45) is 6.73. The lowest BCUT2D eigenvalue weighted by Crippen LogP contribution is -2.46. The minimum absolute atomic E-state index is 0.422. The number of nitrogens with one attached hydrogen (secondary N) is 1. The Kier molecular flexibility index (Phi) is 3.96. The number of pyridine rings is 1. The number of benzene rings is 1. The van der Waals surface area contributed by atoms with E-state index in [9.17, 15) is 0 Å². The number of hydrogen-bond donors (Lipinski definition) is 1. The van der Waals surface area contributed by atoms with E-state index in [1.54, 1.807) is 0 Å². The maximum absolute atomic E-state index is 6.66. The van der Waals surface area contributed by atoms with Crippen LogP contribution >= 0.6 is 0 Å². The Morgan fingerprint density at radius 1 is 1.14 bits per heavy atom. The quantitative estimate of drug-likeness (QED) is 0.543. The van der Waals surface area contributed by atoms with Crippen molar-refractivity contribution in [3.8, 4) is 0 Å². The zero-order valence-electron chi connectivity index (χ0n) is 17.6. The second kappa shape index (κ2) is 6.21. The van der Waals surface area contributed by atoms with Crippen molar-refractivity contribution in [3.63, 3.8) is 0 Å². The van der Waals surface area contributed by atoms with Gasteiger partial charge in [-0.3, -0.25) is 0 Å². The molecule has 4 aromatic rings. The molecule has 0 saturated carbocycles. The number of fused-ring (bicyclic) bond motifs is 2. The molecule has 3 aromatic heterocycles. The Balaban J connectivity index is 1.53. The second-order valence-electron chi connectivity index (χ2n) is 8.86. The molecule has 0 radical (unpaired) electrons. The van der Waals surface area contributed by atoms with E-state index in [0.29, 0.717) is 0 Å². The first kappa shape index (κ1) is 18.5. The molecule has 29 heavy (non-hydrogen) atoms. The van der Waals surface area contributed by atoms with E-state index >= 15 is 0 Å². The van der Waals surface area contributed by atoms with Crippen molar-refractivity contribution in [2.75, 3.05) is 0 Å². The monoisotopic (exact) mass is 387 g/mol. The minimum Gasteiger partial charge on any atom is -0.399 e. The lowest BCUT2D eigenvalue weighted by molar-refractivity contribution is -0.00854. The molecule has 0 amide bonds. The summed E-state index contributed by atoms with van der Waals surface area (Å²) >= 11 is 0. The molecule has 1 aromatic carbocycles. The van der Waals surface area contributed by atoms with Crippen LogP contribution in [0.4, 0.5) is 0 Å². The Bertz CT molecular complexity index is 1230. The zero-order valence-corrected chi connectivity index (χ0v) is 17.6. The summed E-state index contributed by atoms with van der Waals surface area (Å²) in [5, 5.41) is 2.36. The third-order valence-electron chi connectivity index (χ3n) is 6.62. The van der Waals surface area contributed by atoms with E-state index in [1.165, 1.54) is 16.5 Å². The zero-order chi connectivity index (χ0) is 20.4. The smallest absolute Gasteiger partial charge is 0.399 e. The molecule has 0 aliphatic carbocycles. The molecule has 0 spiro atoms. The van der Waals surface area contributed by atoms with Crippen LogP contribution in [-0.4, -0.2) is 32.9 Å². The third kappa shape index (κ3) is 2.74. The summed E-state index contributed by atoms with van der Waals surface area (Å²) in [4.78, 5) is 7.91. The molecule has 0 bridgehead atoms. The topological polar surface area (TPSA) is 52.1 Å². The van der Waals surface area contributed by atoms with Crippen LogP contribution in [0, 0.1) is 6.92 Å². The van der Waals surface area contributed by atoms with Crippen LogP contribution < -0.4 is 5.46 Å². The molecule has 4 heterocycles. The fraction of sp³-hybridized carbons (Fsp3) is 0.348. The number of aryl methyl sites for hydroxylation is 2. The lowest BCUT2D eigenvalue weighted by atomic mass is 9.78. The molecule has 1 fully saturated rings. The van der Waals surface area contributed by atoms with Crippen molar-refractivity contribution in [1.82, 2.24) is 14.5 Å². The fourth-order valence-corrected chi connectivity index (χ4v) is 4.52. The highest BCUT2D eigenvalue weighted by molar-refractivity contribution is 6.65. The van der Waals surface area contributed by atoms with E-state index in [1.807, 2.05) is 30.1 Å². The molecule has 1 atom stereocenters. The maximum Gasteiger partial charge on any atom is 0.495 e. The Hall–Kier alpha value is -2.57. The van der Waals surface area contributed by atoms with Gasteiger partial charge in [-0.05, 0) is 62.5 Å². The standard InChI is InChI=1S/C23H26BN3O2/c1-15-7-6-8-19-20(15)16(14-26-19)13-23(4)22(2,3)28-24(29-23)18-9-11-25-21-17(18)10-12-27(21)5/h6-12,14,26H,13H2,1-5H3. The molecular weight excluding hydrogens is 361 g/mol. The van der Waals surface area contributed by atoms with Crippen molar-refractivity contribution >= 4 is 34.5 Å². The molecule has 1 unspecified atom stereocenters. The molecule has 5 nitrogen and oxygen atoms in total. The highest BCUT2D eigenvalue weighted by atomic mass is 16.7. The van der Waals surface area contributed by atoms with Gasteiger partial charge in [-0.1, -0.05) is 12.1 Å². The van der Waals surface area contributed by atoms with Crippen LogP contribution in [0.25, 0.3) is 21.9 Å². The average molecular weight is 387 g/mol. The van der Waals surface area contributed by atoms with Gasteiger partial charge in [-0.25, -0.2) is 4.98 Å². The second-order valence-corrected chi connectivity index (χ2v) is 8.86. The van der Waals surface area contributed by atoms with Crippen molar-refractivity contribution in [1.29, 1.82) is 0 Å². The highest BCUT2D eigenvalue weighted by Crippen LogP contribution is 2.41. The predicted octanol–water partition coefficient (Wildman–Crippen LogP) is 3.89. The number of aromatic amines is 1.